The second kappa shape index (κ2) is 6.59. The van der Waals surface area contributed by atoms with Crippen molar-refractivity contribution in [1.29, 1.82) is 0 Å². The fraction of sp³-hybridized carbons (Fsp3) is 0.353. The van der Waals surface area contributed by atoms with Gasteiger partial charge >= 0.3 is 0 Å². The molecule has 0 atom stereocenters. The average molecular weight is 284 g/mol. The Balaban J connectivity index is 1.65. The summed E-state index contributed by atoms with van der Waals surface area (Å²) >= 11 is 0. The first-order valence-electron chi connectivity index (χ1n) is 7.34. The van der Waals surface area contributed by atoms with E-state index in [0.717, 1.165) is 54.6 Å². The molecule has 1 N–H and O–H groups in total. The number of fused-ring (bicyclic) bond motifs is 1. The Kier molecular flexibility index (Phi) is 4.36. The van der Waals surface area contributed by atoms with Crippen LogP contribution in [0.15, 0.2) is 36.4 Å². The van der Waals surface area contributed by atoms with E-state index in [0.29, 0.717) is 6.61 Å². The number of rotatable bonds is 4. The Morgan fingerprint density at radius 1 is 1.05 bits per heavy atom. The van der Waals surface area contributed by atoms with Crippen LogP contribution >= 0.6 is 0 Å². The first-order valence-corrected chi connectivity index (χ1v) is 7.34. The quantitative estimate of drug-likeness (QED) is 0.937. The molecule has 1 aliphatic rings. The first kappa shape index (κ1) is 13.9. The predicted octanol–water partition coefficient (Wildman–Crippen LogP) is 2.84. The van der Waals surface area contributed by atoms with Crippen molar-refractivity contribution >= 4 is 0 Å². The normalized spacial score (nSPS) is 13.8. The summed E-state index contributed by atoms with van der Waals surface area (Å²) < 4.78 is 11.5. The maximum absolute atomic E-state index is 5.82. The van der Waals surface area contributed by atoms with Crippen LogP contribution in [-0.2, 0) is 13.1 Å². The first-order chi connectivity index (χ1) is 10.3. The van der Waals surface area contributed by atoms with Crippen molar-refractivity contribution in [3.63, 3.8) is 0 Å². The molecular formula is C17H20N2O2. The molecule has 3 rings (SSSR count). The van der Waals surface area contributed by atoms with Crippen LogP contribution in [0.4, 0.5) is 0 Å². The largest absolute Gasteiger partial charge is 0.490 e. The Hall–Kier alpha value is -2.07. The minimum Gasteiger partial charge on any atom is -0.490 e. The fourth-order valence-corrected chi connectivity index (χ4v) is 2.42. The van der Waals surface area contributed by atoms with Gasteiger partial charge < -0.3 is 14.8 Å². The summed E-state index contributed by atoms with van der Waals surface area (Å²) in [5.41, 5.74) is 3.22. The minimum absolute atomic E-state index is 0.712. The highest BCUT2D eigenvalue weighted by Gasteiger charge is 2.13. The lowest BCUT2D eigenvalue weighted by Gasteiger charge is -2.13. The number of pyridine rings is 1. The highest BCUT2D eigenvalue weighted by molar-refractivity contribution is 5.47. The SMILES string of the molecule is Cc1cccc(CNCc2cccc3c2OCCCO3)n1. The number of hydrogen-bond acceptors (Lipinski definition) is 4. The van der Waals surface area contributed by atoms with Crippen molar-refractivity contribution < 1.29 is 9.47 Å². The van der Waals surface area contributed by atoms with Crippen LogP contribution in [0, 0.1) is 6.92 Å². The number of nitrogens with one attached hydrogen (secondary N) is 1. The summed E-state index contributed by atoms with van der Waals surface area (Å²) in [6.45, 7) is 4.92. The molecule has 0 spiro atoms. The molecule has 0 saturated heterocycles. The van der Waals surface area contributed by atoms with Gasteiger partial charge in [0.2, 0.25) is 0 Å². The zero-order valence-electron chi connectivity index (χ0n) is 12.3. The van der Waals surface area contributed by atoms with Crippen LogP contribution in [0.25, 0.3) is 0 Å². The molecule has 1 aromatic carbocycles. The Morgan fingerprint density at radius 2 is 1.90 bits per heavy atom. The maximum Gasteiger partial charge on any atom is 0.165 e. The van der Waals surface area contributed by atoms with Gasteiger partial charge in [0.1, 0.15) is 0 Å². The van der Waals surface area contributed by atoms with Crippen molar-refractivity contribution in [2.24, 2.45) is 0 Å². The molecule has 1 aromatic heterocycles. The molecule has 110 valence electrons. The zero-order valence-corrected chi connectivity index (χ0v) is 12.3. The average Bonchev–Trinajstić information content (AvgIpc) is 2.73. The topological polar surface area (TPSA) is 43.4 Å². The van der Waals surface area contributed by atoms with E-state index >= 15 is 0 Å². The van der Waals surface area contributed by atoms with Crippen molar-refractivity contribution in [2.45, 2.75) is 26.4 Å². The van der Waals surface area contributed by atoms with Crippen molar-refractivity contribution in [2.75, 3.05) is 13.2 Å². The second-order valence-corrected chi connectivity index (χ2v) is 5.17. The molecule has 4 nitrogen and oxygen atoms in total. The number of aryl methyl sites for hydroxylation is 1. The molecule has 1 aliphatic heterocycles. The van der Waals surface area contributed by atoms with Gasteiger partial charge in [0.25, 0.3) is 0 Å². The van der Waals surface area contributed by atoms with E-state index in [2.05, 4.69) is 16.4 Å². The molecule has 0 bridgehead atoms. The van der Waals surface area contributed by atoms with Gasteiger partial charge in [0.15, 0.2) is 11.5 Å². The summed E-state index contributed by atoms with van der Waals surface area (Å²) in [5, 5.41) is 3.42. The summed E-state index contributed by atoms with van der Waals surface area (Å²) in [6.07, 6.45) is 0.925. The molecule has 0 aliphatic carbocycles. The third-order valence-electron chi connectivity index (χ3n) is 3.42. The second-order valence-electron chi connectivity index (χ2n) is 5.17. The molecule has 0 unspecified atom stereocenters. The Labute approximate surface area is 125 Å². The Morgan fingerprint density at radius 3 is 2.81 bits per heavy atom. The van der Waals surface area contributed by atoms with Gasteiger partial charge in [-0.15, -0.1) is 0 Å². The van der Waals surface area contributed by atoms with Gasteiger partial charge in [0, 0.05) is 30.8 Å². The summed E-state index contributed by atoms with van der Waals surface area (Å²) in [6, 6.07) is 12.1. The number of ether oxygens (including phenoxy) is 2. The minimum atomic E-state index is 0.712. The highest BCUT2D eigenvalue weighted by Crippen LogP contribution is 2.33. The molecule has 2 aromatic rings. The predicted molar refractivity (Wildman–Crippen MR) is 81.6 cm³/mol. The van der Waals surface area contributed by atoms with E-state index in [1.54, 1.807) is 0 Å². The van der Waals surface area contributed by atoms with E-state index in [-0.39, 0.29) is 0 Å². The lowest BCUT2D eigenvalue weighted by Crippen LogP contribution is -2.14. The third-order valence-corrected chi connectivity index (χ3v) is 3.42. The lowest BCUT2D eigenvalue weighted by atomic mass is 10.2. The zero-order chi connectivity index (χ0) is 14.5. The molecule has 0 saturated carbocycles. The van der Waals surface area contributed by atoms with Gasteiger partial charge in [-0.2, -0.15) is 0 Å². The highest BCUT2D eigenvalue weighted by atomic mass is 16.5. The van der Waals surface area contributed by atoms with Crippen LogP contribution in [-0.4, -0.2) is 18.2 Å². The smallest absolute Gasteiger partial charge is 0.165 e. The number of nitrogens with zero attached hydrogens (tertiary/aromatic N) is 1. The van der Waals surface area contributed by atoms with E-state index in [9.17, 15) is 0 Å². The maximum atomic E-state index is 5.82. The number of hydrogen-bond donors (Lipinski definition) is 1. The number of aromatic nitrogens is 1. The van der Waals surface area contributed by atoms with Gasteiger partial charge in [-0.25, -0.2) is 0 Å². The molecule has 0 radical (unpaired) electrons. The van der Waals surface area contributed by atoms with Gasteiger partial charge in [-0.3, -0.25) is 4.98 Å². The molecule has 2 heterocycles. The number of benzene rings is 1. The van der Waals surface area contributed by atoms with Gasteiger partial charge in [-0.05, 0) is 25.1 Å². The van der Waals surface area contributed by atoms with Crippen LogP contribution in [0.5, 0.6) is 11.5 Å². The lowest BCUT2D eigenvalue weighted by molar-refractivity contribution is 0.296. The van der Waals surface area contributed by atoms with Crippen LogP contribution in [0.1, 0.15) is 23.4 Å². The van der Waals surface area contributed by atoms with Crippen molar-refractivity contribution in [3.8, 4) is 11.5 Å². The molecule has 4 heteroatoms. The van der Waals surface area contributed by atoms with Crippen molar-refractivity contribution in [1.82, 2.24) is 10.3 Å². The van der Waals surface area contributed by atoms with Gasteiger partial charge in [0.05, 0.1) is 18.9 Å². The molecular weight excluding hydrogens is 264 g/mol. The molecule has 0 fully saturated rings. The van der Waals surface area contributed by atoms with E-state index < -0.39 is 0 Å². The van der Waals surface area contributed by atoms with Crippen molar-refractivity contribution in [3.05, 3.63) is 53.3 Å². The van der Waals surface area contributed by atoms with Crippen LogP contribution < -0.4 is 14.8 Å². The van der Waals surface area contributed by atoms with E-state index in [1.165, 1.54) is 0 Å². The molecule has 0 amide bonds. The van der Waals surface area contributed by atoms with Gasteiger partial charge in [-0.1, -0.05) is 18.2 Å². The van der Waals surface area contributed by atoms with E-state index in [1.807, 2.05) is 37.3 Å². The van der Waals surface area contributed by atoms with E-state index in [4.69, 9.17) is 9.47 Å². The number of para-hydroxylation sites is 1. The van der Waals surface area contributed by atoms with Crippen LogP contribution in [0.2, 0.25) is 0 Å². The van der Waals surface area contributed by atoms with Crippen LogP contribution in [0.3, 0.4) is 0 Å². The summed E-state index contributed by atoms with van der Waals surface area (Å²) in [5.74, 6) is 1.72. The summed E-state index contributed by atoms with van der Waals surface area (Å²) in [4.78, 5) is 4.49. The standard InChI is InChI=1S/C17H20N2O2/c1-13-5-2-7-15(19-13)12-18-11-14-6-3-8-16-17(14)21-10-4-9-20-16/h2-3,5-8,18H,4,9-12H2,1H3. The third kappa shape index (κ3) is 3.52. The molecule has 21 heavy (non-hydrogen) atoms. The summed E-state index contributed by atoms with van der Waals surface area (Å²) in [7, 11) is 0. The Bertz CT molecular complexity index is 613. The fourth-order valence-electron chi connectivity index (χ4n) is 2.42. The monoisotopic (exact) mass is 284 g/mol.